The van der Waals surface area contributed by atoms with Gasteiger partial charge in [-0.2, -0.15) is 0 Å². The van der Waals surface area contributed by atoms with Crippen LogP contribution in [0.2, 0.25) is 0 Å². The van der Waals surface area contributed by atoms with Crippen molar-refractivity contribution in [2.45, 2.75) is 0 Å². The first kappa shape index (κ1) is 28.3. The molecule has 0 aliphatic rings. The van der Waals surface area contributed by atoms with Gasteiger partial charge in [0.05, 0.1) is 11.0 Å². The fourth-order valence-electron chi connectivity index (χ4n) is 6.35. The summed E-state index contributed by atoms with van der Waals surface area (Å²) in [6.45, 7) is 0. The topological polar surface area (TPSA) is 40.2 Å². The van der Waals surface area contributed by atoms with Crippen molar-refractivity contribution in [3.8, 4) is 34.0 Å². The molecule has 0 saturated carbocycles. The van der Waals surface area contributed by atoms with Gasteiger partial charge in [-0.05, 0) is 77.9 Å². The van der Waals surface area contributed by atoms with Gasteiger partial charge < -0.3 is 8.94 Å². The number of hydrogen-bond donors (Lipinski definition) is 0. The van der Waals surface area contributed by atoms with Crippen LogP contribution in [0.25, 0.3) is 61.2 Å². The zero-order chi connectivity index (χ0) is 31.9. The number of furan rings is 1. The van der Waals surface area contributed by atoms with Crippen molar-refractivity contribution in [1.82, 2.24) is 9.55 Å². The number of fused-ring (bicyclic) bond motifs is 4. The first-order valence-electron chi connectivity index (χ1n) is 16.0. The van der Waals surface area contributed by atoms with Gasteiger partial charge >= 0.3 is 0 Å². The molecular weight excluding hydrogens is 607 g/mol. The molecule has 0 saturated heterocycles. The molecule has 0 aliphatic heterocycles. The largest absolute Gasteiger partial charge is 0.464 e. The minimum Gasteiger partial charge on any atom is -0.464 e. The Kier molecular flexibility index (Phi) is 7.07. The van der Waals surface area contributed by atoms with E-state index in [9.17, 15) is 0 Å². The molecule has 48 heavy (non-hydrogen) atoms. The summed E-state index contributed by atoms with van der Waals surface area (Å²) in [5, 5.41) is 4.46. The van der Waals surface area contributed by atoms with Gasteiger partial charge in [-0.25, -0.2) is 4.98 Å². The SMILES string of the molecule is c1ccc(OP(c2ccccc2)c2ccc3oc4ccc(-c5ccc(-n6c(-c7ccccc7)nc7ccccc76)cc5)cc4c3c2)cc1. The Morgan fingerprint density at radius 1 is 0.500 bits per heavy atom. The van der Waals surface area contributed by atoms with Crippen LogP contribution in [0, 0.1) is 0 Å². The second-order valence-corrected chi connectivity index (χ2v) is 13.5. The number of imidazole rings is 1. The summed E-state index contributed by atoms with van der Waals surface area (Å²) in [6.07, 6.45) is 0. The lowest BCUT2D eigenvalue weighted by Crippen LogP contribution is -2.15. The smallest absolute Gasteiger partial charge is 0.150 e. The number of nitrogens with zero attached hydrogens (tertiary/aromatic N) is 2. The summed E-state index contributed by atoms with van der Waals surface area (Å²) in [5.74, 6) is 1.79. The minimum atomic E-state index is -1.09. The highest BCUT2D eigenvalue weighted by atomic mass is 31.1. The van der Waals surface area contributed by atoms with Gasteiger partial charge in [-0.1, -0.05) is 109 Å². The maximum atomic E-state index is 6.65. The molecule has 9 rings (SSSR count). The first-order chi connectivity index (χ1) is 23.8. The lowest BCUT2D eigenvalue weighted by molar-refractivity contribution is 0.630. The first-order valence-corrected chi connectivity index (χ1v) is 17.2. The van der Waals surface area contributed by atoms with E-state index >= 15 is 0 Å². The number of hydrogen-bond acceptors (Lipinski definition) is 3. The van der Waals surface area contributed by atoms with E-state index < -0.39 is 8.15 Å². The molecule has 0 N–H and O–H groups in total. The predicted octanol–water partition coefficient (Wildman–Crippen LogP) is 10.7. The Balaban J connectivity index is 1.10. The van der Waals surface area contributed by atoms with Crippen LogP contribution in [0.3, 0.4) is 0 Å². The highest BCUT2D eigenvalue weighted by Gasteiger charge is 2.20. The van der Waals surface area contributed by atoms with E-state index in [2.05, 4.69) is 132 Å². The average Bonchev–Trinajstić information content (AvgIpc) is 3.73. The van der Waals surface area contributed by atoms with Crippen LogP contribution >= 0.6 is 8.15 Å². The van der Waals surface area contributed by atoms with Crippen molar-refractivity contribution in [3.63, 3.8) is 0 Å². The predicted molar refractivity (Wildman–Crippen MR) is 199 cm³/mol. The van der Waals surface area contributed by atoms with Gasteiger partial charge in [-0.3, -0.25) is 4.57 Å². The molecule has 0 spiro atoms. The third-order valence-corrected chi connectivity index (χ3v) is 10.6. The molecule has 1 atom stereocenters. The molecule has 4 nitrogen and oxygen atoms in total. The van der Waals surface area contributed by atoms with Gasteiger partial charge in [0.2, 0.25) is 0 Å². The third-order valence-electron chi connectivity index (χ3n) is 8.67. The van der Waals surface area contributed by atoms with Gasteiger partial charge in [0.25, 0.3) is 0 Å². The number of para-hydroxylation sites is 3. The second kappa shape index (κ2) is 12.0. The summed E-state index contributed by atoms with van der Waals surface area (Å²) >= 11 is 0. The van der Waals surface area contributed by atoms with E-state index in [0.717, 1.165) is 77.5 Å². The Bertz CT molecular complexity index is 2520. The molecular formula is C43H29N2O2P. The fraction of sp³-hybridized carbons (Fsp3) is 0. The summed E-state index contributed by atoms with van der Waals surface area (Å²) in [7, 11) is -1.09. The van der Waals surface area contributed by atoms with Crippen LogP contribution < -0.4 is 15.1 Å². The highest BCUT2D eigenvalue weighted by molar-refractivity contribution is 7.68. The molecule has 7 aromatic carbocycles. The lowest BCUT2D eigenvalue weighted by Gasteiger charge is -2.19. The standard InChI is InChI=1S/C43H29N2O2P/c1-4-12-31(13-5-1)43-44-39-18-10-11-19-40(39)45(43)33-23-20-30(21-24-33)32-22-26-41-37(28-32)38-29-36(25-27-42(38)46-41)48(35-16-8-3-9-17-35)47-34-14-6-2-7-15-34/h1-29H. The quantitative estimate of drug-likeness (QED) is 0.164. The van der Waals surface area contributed by atoms with E-state index in [1.165, 1.54) is 0 Å². The van der Waals surface area contributed by atoms with Crippen LogP contribution in [-0.2, 0) is 0 Å². The Labute approximate surface area is 279 Å². The molecule has 1 unspecified atom stereocenters. The summed E-state index contributed by atoms with van der Waals surface area (Å²) < 4.78 is 15.2. The zero-order valence-corrected chi connectivity index (χ0v) is 26.8. The molecule has 2 heterocycles. The molecule has 0 bridgehead atoms. The summed E-state index contributed by atoms with van der Waals surface area (Å²) in [4.78, 5) is 5.00. The normalized spacial score (nSPS) is 12.1. The number of aromatic nitrogens is 2. The Morgan fingerprint density at radius 3 is 1.90 bits per heavy atom. The van der Waals surface area contributed by atoms with Gasteiger partial charge in [0, 0.05) is 32.6 Å². The van der Waals surface area contributed by atoms with Gasteiger partial charge in [-0.15, -0.1) is 0 Å². The molecule has 0 aliphatic carbocycles. The van der Waals surface area contributed by atoms with E-state index in [0.29, 0.717) is 0 Å². The van der Waals surface area contributed by atoms with Gasteiger partial charge in [0.15, 0.2) is 8.15 Å². The average molecular weight is 637 g/mol. The van der Waals surface area contributed by atoms with Crippen molar-refractivity contribution < 1.29 is 8.94 Å². The maximum Gasteiger partial charge on any atom is 0.150 e. The number of benzene rings is 7. The van der Waals surface area contributed by atoms with Crippen molar-refractivity contribution >= 4 is 51.7 Å². The third kappa shape index (κ3) is 5.13. The Hall–Kier alpha value is -5.96. The lowest BCUT2D eigenvalue weighted by atomic mass is 10.0. The fourth-order valence-corrected chi connectivity index (χ4v) is 8.09. The van der Waals surface area contributed by atoms with Crippen molar-refractivity contribution in [2.24, 2.45) is 0 Å². The van der Waals surface area contributed by atoms with E-state index in [4.69, 9.17) is 13.9 Å². The van der Waals surface area contributed by atoms with E-state index in [-0.39, 0.29) is 0 Å². The highest BCUT2D eigenvalue weighted by Crippen LogP contribution is 2.39. The maximum absolute atomic E-state index is 6.65. The van der Waals surface area contributed by atoms with Crippen LogP contribution in [0.1, 0.15) is 0 Å². The molecule has 228 valence electrons. The molecule has 0 fully saturated rings. The monoisotopic (exact) mass is 636 g/mol. The zero-order valence-electron chi connectivity index (χ0n) is 25.9. The molecule has 5 heteroatoms. The van der Waals surface area contributed by atoms with Crippen LogP contribution in [0.4, 0.5) is 0 Å². The van der Waals surface area contributed by atoms with Crippen LogP contribution in [0.5, 0.6) is 5.75 Å². The van der Waals surface area contributed by atoms with Crippen molar-refractivity contribution in [1.29, 1.82) is 0 Å². The molecule has 9 aromatic rings. The van der Waals surface area contributed by atoms with Crippen LogP contribution in [-0.4, -0.2) is 9.55 Å². The van der Waals surface area contributed by atoms with E-state index in [1.807, 2.05) is 48.5 Å². The van der Waals surface area contributed by atoms with Crippen molar-refractivity contribution in [3.05, 3.63) is 176 Å². The molecule has 2 aromatic heterocycles. The summed E-state index contributed by atoms with van der Waals surface area (Å²) in [6, 6.07) is 60.8. The molecule has 0 radical (unpaired) electrons. The van der Waals surface area contributed by atoms with Crippen LogP contribution in [0.15, 0.2) is 180 Å². The number of rotatable bonds is 7. The minimum absolute atomic E-state index is 0.856. The van der Waals surface area contributed by atoms with Gasteiger partial charge in [0.1, 0.15) is 22.7 Å². The second-order valence-electron chi connectivity index (χ2n) is 11.7. The molecule has 0 amide bonds. The van der Waals surface area contributed by atoms with Crippen molar-refractivity contribution in [2.75, 3.05) is 0 Å². The Morgan fingerprint density at radius 2 is 1.12 bits per heavy atom. The van der Waals surface area contributed by atoms with E-state index in [1.54, 1.807) is 0 Å². The summed E-state index contributed by atoms with van der Waals surface area (Å²) in [5.41, 5.74) is 8.21.